The van der Waals surface area contributed by atoms with Crippen molar-refractivity contribution in [3.05, 3.63) is 62.4 Å². The predicted molar refractivity (Wildman–Crippen MR) is 95.7 cm³/mol. The van der Waals surface area contributed by atoms with Gasteiger partial charge in [0.05, 0.1) is 15.6 Å². The summed E-state index contributed by atoms with van der Waals surface area (Å²) in [7, 11) is 0. The minimum absolute atomic E-state index is 0.138. The maximum atomic E-state index is 12.5. The number of rotatable bonds is 2. The van der Waals surface area contributed by atoms with Crippen molar-refractivity contribution in [1.29, 1.82) is 0 Å². The number of benzene rings is 2. The number of hydrogen-bond acceptors (Lipinski definition) is 4. The summed E-state index contributed by atoms with van der Waals surface area (Å²) in [6.45, 7) is 0. The first kappa shape index (κ1) is 16.1. The highest BCUT2D eigenvalue weighted by atomic mass is 79.9. The number of nitrogens with zero attached hydrogens (tertiary/aromatic N) is 1. The van der Waals surface area contributed by atoms with Crippen molar-refractivity contribution < 1.29 is 14.7 Å². The SMILES string of the molecule is O=C1SC(=Cc2cc(Br)cc(Cl)c2O)C(=O)N1c1ccccc1. The first-order chi connectivity index (χ1) is 11.0. The standard InChI is InChI=1S/C16H9BrClNO3S/c17-10-6-9(14(20)12(18)8-10)7-13-15(21)19(16(22)23-13)11-4-2-1-3-5-11/h1-8,20H. The highest BCUT2D eigenvalue weighted by molar-refractivity contribution is 9.10. The number of phenols is 1. The average Bonchev–Trinajstić information content (AvgIpc) is 2.79. The van der Waals surface area contributed by atoms with Gasteiger partial charge < -0.3 is 5.11 Å². The number of halogens is 2. The third kappa shape index (κ3) is 3.15. The Morgan fingerprint density at radius 2 is 1.87 bits per heavy atom. The highest BCUT2D eigenvalue weighted by Gasteiger charge is 2.36. The molecule has 0 atom stereocenters. The second kappa shape index (κ2) is 6.39. The molecule has 4 nitrogen and oxygen atoms in total. The number of carbonyl (C=O) groups excluding carboxylic acids is 2. The molecular weight excluding hydrogens is 402 g/mol. The van der Waals surface area contributed by atoms with E-state index in [2.05, 4.69) is 15.9 Å². The monoisotopic (exact) mass is 409 g/mol. The number of carbonyl (C=O) groups is 2. The number of thioether (sulfide) groups is 1. The molecule has 0 aromatic heterocycles. The molecule has 1 aliphatic rings. The van der Waals surface area contributed by atoms with Gasteiger partial charge in [-0.05, 0) is 42.1 Å². The van der Waals surface area contributed by atoms with Crippen molar-refractivity contribution in [1.82, 2.24) is 0 Å². The van der Waals surface area contributed by atoms with Crippen molar-refractivity contribution in [2.24, 2.45) is 0 Å². The van der Waals surface area contributed by atoms with Crippen LogP contribution >= 0.6 is 39.3 Å². The molecule has 0 spiro atoms. The Kier molecular flexibility index (Phi) is 4.48. The Morgan fingerprint density at radius 1 is 1.17 bits per heavy atom. The third-order valence-electron chi connectivity index (χ3n) is 3.15. The van der Waals surface area contributed by atoms with Gasteiger partial charge in [-0.2, -0.15) is 0 Å². The van der Waals surface area contributed by atoms with Gasteiger partial charge in [0.1, 0.15) is 5.75 Å². The maximum Gasteiger partial charge on any atom is 0.298 e. The molecule has 1 heterocycles. The topological polar surface area (TPSA) is 57.6 Å². The van der Waals surface area contributed by atoms with Gasteiger partial charge >= 0.3 is 0 Å². The van der Waals surface area contributed by atoms with Crippen LogP contribution in [0.3, 0.4) is 0 Å². The second-order valence-electron chi connectivity index (χ2n) is 4.68. The maximum absolute atomic E-state index is 12.5. The lowest BCUT2D eigenvalue weighted by molar-refractivity contribution is -0.113. The molecular formula is C16H9BrClNO3S. The van der Waals surface area contributed by atoms with Crippen LogP contribution < -0.4 is 4.90 Å². The van der Waals surface area contributed by atoms with E-state index in [4.69, 9.17) is 11.6 Å². The summed E-state index contributed by atoms with van der Waals surface area (Å²) in [5, 5.41) is 9.78. The van der Waals surface area contributed by atoms with Crippen molar-refractivity contribution in [3.8, 4) is 5.75 Å². The number of amides is 2. The normalized spacial score (nSPS) is 16.4. The molecule has 23 heavy (non-hydrogen) atoms. The van der Waals surface area contributed by atoms with Gasteiger partial charge in [0, 0.05) is 10.0 Å². The molecule has 1 saturated heterocycles. The van der Waals surface area contributed by atoms with Crippen LogP contribution in [0, 0.1) is 0 Å². The van der Waals surface area contributed by atoms with Crippen LogP contribution in [0.1, 0.15) is 5.56 Å². The molecule has 3 rings (SSSR count). The van der Waals surface area contributed by atoms with E-state index in [1.165, 1.54) is 6.08 Å². The lowest BCUT2D eigenvalue weighted by Gasteiger charge is -2.11. The van der Waals surface area contributed by atoms with Crippen molar-refractivity contribution >= 4 is 62.2 Å². The fourth-order valence-corrected chi connectivity index (χ4v) is 3.77. The van der Waals surface area contributed by atoms with Crippen LogP contribution in [-0.2, 0) is 4.79 Å². The van der Waals surface area contributed by atoms with E-state index >= 15 is 0 Å². The molecule has 1 N–H and O–H groups in total. The van der Waals surface area contributed by atoms with Gasteiger partial charge in [-0.1, -0.05) is 45.7 Å². The van der Waals surface area contributed by atoms with Gasteiger partial charge in [-0.3, -0.25) is 9.59 Å². The zero-order valence-electron chi connectivity index (χ0n) is 11.5. The number of para-hydroxylation sites is 1. The van der Waals surface area contributed by atoms with E-state index in [0.29, 0.717) is 15.7 Å². The molecule has 116 valence electrons. The molecule has 2 aromatic carbocycles. The summed E-state index contributed by atoms with van der Waals surface area (Å²) in [4.78, 5) is 26.0. The van der Waals surface area contributed by atoms with Gasteiger partial charge in [-0.25, -0.2) is 4.90 Å². The molecule has 1 aliphatic heterocycles. The van der Waals surface area contributed by atoms with Crippen LogP contribution in [0.2, 0.25) is 5.02 Å². The van der Waals surface area contributed by atoms with Crippen LogP contribution in [0.25, 0.3) is 6.08 Å². The number of aromatic hydroxyl groups is 1. The molecule has 7 heteroatoms. The molecule has 0 bridgehead atoms. The Hall–Kier alpha value is -1.76. The number of imide groups is 1. The van der Waals surface area contributed by atoms with Gasteiger partial charge in [-0.15, -0.1) is 0 Å². The van der Waals surface area contributed by atoms with E-state index < -0.39 is 5.91 Å². The largest absolute Gasteiger partial charge is 0.506 e. The summed E-state index contributed by atoms with van der Waals surface area (Å²) in [5.41, 5.74) is 0.873. The summed E-state index contributed by atoms with van der Waals surface area (Å²) in [6.07, 6.45) is 1.46. The summed E-state index contributed by atoms with van der Waals surface area (Å²) in [6, 6.07) is 11.9. The molecule has 0 unspecified atom stereocenters. The first-order valence-corrected chi connectivity index (χ1v) is 8.47. The average molecular weight is 411 g/mol. The number of anilines is 1. The summed E-state index contributed by atoms with van der Waals surface area (Å²) in [5.74, 6) is -0.567. The predicted octanol–water partition coefficient (Wildman–Crippen LogP) is 5.05. The van der Waals surface area contributed by atoms with Crippen LogP contribution in [0.15, 0.2) is 51.8 Å². The Morgan fingerprint density at radius 3 is 2.57 bits per heavy atom. The van der Waals surface area contributed by atoms with Crippen LogP contribution in [0.5, 0.6) is 5.75 Å². The lowest BCUT2D eigenvalue weighted by Crippen LogP contribution is -2.27. The summed E-state index contributed by atoms with van der Waals surface area (Å²) >= 11 is 10.0. The van der Waals surface area contributed by atoms with Gasteiger partial charge in [0.2, 0.25) is 0 Å². The minimum atomic E-state index is -0.429. The van der Waals surface area contributed by atoms with E-state index in [-0.39, 0.29) is 20.9 Å². The second-order valence-corrected chi connectivity index (χ2v) is 6.99. The molecule has 0 saturated carbocycles. The fraction of sp³-hybridized carbons (Fsp3) is 0. The van der Waals surface area contributed by atoms with E-state index in [0.717, 1.165) is 16.7 Å². The number of hydrogen-bond donors (Lipinski definition) is 1. The molecule has 0 aliphatic carbocycles. The zero-order chi connectivity index (χ0) is 16.6. The quantitative estimate of drug-likeness (QED) is 0.704. The molecule has 2 amide bonds. The van der Waals surface area contributed by atoms with Crippen molar-refractivity contribution in [3.63, 3.8) is 0 Å². The number of phenolic OH excluding ortho intramolecular Hbond substituents is 1. The Labute approximate surface area is 149 Å². The lowest BCUT2D eigenvalue weighted by atomic mass is 10.2. The smallest absolute Gasteiger partial charge is 0.298 e. The Bertz CT molecular complexity index is 839. The van der Waals surface area contributed by atoms with E-state index in [1.54, 1.807) is 42.5 Å². The minimum Gasteiger partial charge on any atom is -0.506 e. The van der Waals surface area contributed by atoms with Gasteiger partial charge in [0.25, 0.3) is 11.1 Å². The third-order valence-corrected chi connectivity index (χ3v) is 4.77. The first-order valence-electron chi connectivity index (χ1n) is 6.48. The van der Waals surface area contributed by atoms with Gasteiger partial charge in [0.15, 0.2) is 0 Å². The van der Waals surface area contributed by atoms with Crippen molar-refractivity contribution in [2.45, 2.75) is 0 Å². The van der Waals surface area contributed by atoms with E-state index in [1.807, 2.05) is 0 Å². The molecule has 2 aromatic rings. The zero-order valence-corrected chi connectivity index (χ0v) is 14.7. The molecule has 1 fully saturated rings. The van der Waals surface area contributed by atoms with Crippen LogP contribution in [0.4, 0.5) is 10.5 Å². The Balaban J connectivity index is 2.00. The molecule has 0 radical (unpaired) electrons. The fourth-order valence-electron chi connectivity index (χ4n) is 2.10. The summed E-state index contributed by atoms with van der Waals surface area (Å²) < 4.78 is 0.661. The van der Waals surface area contributed by atoms with E-state index in [9.17, 15) is 14.7 Å². The van der Waals surface area contributed by atoms with Crippen molar-refractivity contribution in [2.75, 3.05) is 4.90 Å². The van der Waals surface area contributed by atoms with Crippen LogP contribution in [-0.4, -0.2) is 16.3 Å². The highest BCUT2D eigenvalue weighted by Crippen LogP contribution is 2.38.